The van der Waals surface area contributed by atoms with E-state index in [1.54, 1.807) is 24.5 Å². The molecule has 1 fully saturated rings. The topological polar surface area (TPSA) is 62.6 Å². The number of ether oxygens (including phenoxy) is 1. The molecule has 1 aliphatic rings. The number of carbonyl (C=O) groups excluding carboxylic acids is 1. The summed E-state index contributed by atoms with van der Waals surface area (Å²) < 4.78 is 7.83. The Kier molecular flexibility index (Phi) is 7.35. The third kappa shape index (κ3) is 6.58. The summed E-state index contributed by atoms with van der Waals surface area (Å²) >= 11 is 0. The average molecular weight is 323 g/mol. The molecule has 0 aromatic carbocycles. The first kappa shape index (κ1) is 17.7. The lowest BCUT2D eigenvalue weighted by molar-refractivity contribution is 0.0118. The van der Waals surface area contributed by atoms with E-state index in [0.717, 1.165) is 38.9 Å². The summed E-state index contributed by atoms with van der Waals surface area (Å²) in [7, 11) is 3.95. The van der Waals surface area contributed by atoms with Crippen LogP contribution in [0, 0.1) is 0 Å². The lowest BCUT2D eigenvalue weighted by Crippen LogP contribution is -2.39. The molecule has 0 atom stereocenters. The van der Waals surface area contributed by atoms with Crippen molar-refractivity contribution in [1.29, 1.82) is 0 Å². The van der Waals surface area contributed by atoms with E-state index in [-0.39, 0.29) is 6.03 Å². The number of imidazole rings is 1. The maximum absolute atomic E-state index is 11.9. The molecule has 0 bridgehead atoms. The molecule has 2 amide bonds. The summed E-state index contributed by atoms with van der Waals surface area (Å²) in [6, 6.07) is -0.0376. The van der Waals surface area contributed by atoms with E-state index in [4.69, 9.17) is 4.74 Å². The van der Waals surface area contributed by atoms with Crippen molar-refractivity contribution in [2.75, 3.05) is 46.9 Å². The molecule has 1 aliphatic heterocycles. The molecule has 0 aliphatic carbocycles. The summed E-state index contributed by atoms with van der Waals surface area (Å²) in [5, 5.41) is 2.93. The number of amides is 2. The number of hydrogen-bond donors (Lipinski definition) is 1. The zero-order valence-corrected chi connectivity index (χ0v) is 14.3. The fraction of sp³-hybridized carbons (Fsp3) is 0.750. The molecule has 2 rings (SSSR count). The Morgan fingerprint density at radius 1 is 1.43 bits per heavy atom. The van der Waals surface area contributed by atoms with Crippen molar-refractivity contribution in [2.24, 2.45) is 0 Å². The first-order valence-electron chi connectivity index (χ1n) is 8.40. The van der Waals surface area contributed by atoms with E-state index in [2.05, 4.69) is 22.2 Å². The molecule has 7 nitrogen and oxygen atoms in total. The zero-order valence-electron chi connectivity index (χ0n) is 14.3. The second-order valence-electron chi connectivity index (χ2n) is 6.18. The highest BCUT2D eigenvalue weighted by Gasteiger charge is 2.16. The number of urea groups is 1. The van der Waals surface area contributed by atoms with E-state index >= 15 is 0 Å². The smallest absolute Gasteiger partial charge is 0.317 e. The van der Waals surface area contributed by atoms with Gasteiger partial charge in [-0.3, -0.25) is 0 Å². The van der Waals surface area contributed by atoms with Crippen LogP contribution >= 0.6 is 0 Å². The van der Waals surface area contributed by atoms with Gasteiger partial charge in [-0.15, -0.1) is 0 Å². The molecular formula is C16H29N5O2. The predicted octanol–water partition coefficient (Wildman–Crippen LogP) is 1.03. The van der Waals surface area contributed by atoms with Crippen LogP contribution in [0.25, 0.3) is 0 Å². The van der Waals surface area contributed by atoms with Crippen LogP contribution in [0.4, 0.5) is 4.79 Å². The highest BCUT2D eigenvalue weighted by atomic mass is 16.5. The quantitative estimate of drug-likeness (QED) is 0.726. The van der Waals surface area contributed by atoms with E-state index in [0.29, 0.717) is 25.8 Å². The Morgan fingerprint density at radius 2 is 2.22 bits per heavy atom. The molecule has 1 aromatic rings. The van der Waals surface area contributed by atoms with Gasteiger partial charge in [-0.2, -0.15) is 0 Å². The standard InChI is InChI=1S/C16H29N5O2/c1-19-8-4-15(5-9-19)23-13-3-6-18-16(22)20(2)11-12-21-10-7-17-14-21/h7,10,14-15H,3-6,8-9,11-13H2,1-2H3,(H,18,22). The van der Waals surface area contributed by atoms with Crippen molar-refractivity contribution in [1.82, 2.24) is 24.7 Å². The fourth-order valence-electron chi connectivity index (χ4n) is 2.59. The Hall–Kier alpha value is -1.60. The van der Waals surface area contributed by atoms with Gasteiger partial charge in [0.15, 0.2) is 0 Å². The summed E-state index contributed by atoms with van der Waals surface area (Å²) in [4.78, 5) is 20.0. The molecule has 0 spiro atoms. The van der Waals surface area contributed by atoms with Crippen molar-refractivity contribution >= 4 is 6.03 Å². The summed E-state index contributed by atoms with van der Waals surface area (Å²) in [6.07, 6.45) is 8.86. The number of hydrogen-bond acceptors (Lipinski definition) is 4. The highest BCUT2D eigenvalue weighted by molar-refractivity contribution is 5.73. The molecule has 0 unspecified atom stereocenters. The van der Waals surface area contributed by atoms with Gasteiger partial charge >= 0.3 is 6.03 Å². The minimum absolute atomic E-state index is 0.0376. The van der Waals surface area contributed by atoms with Crippen LogP contribution in [0.15, 0.2) is 18.7 Å². The summed E-state index contributed by atoms with van der Waals surface area (Å²) in [5.74, 6) is 0. The maximum atomic E-state index is 11.9. The van der Waals surface area contributed by atoms with Gasteiger partial charge in [0.25, 0.3) is 0 Å². The first-order chi connectivity index (χ1) is 11.1. The third-order valence-electron chi connectivity index (χ3n) is 4.22. The number of likely N-dealkylation sites (N-methyl/N-ethyl adjacent to an activating group) is 1. The van der Waals surface area contributed by atoms with Crippen molar-refractivity contribution in [2.45, 2.75) is 31.9 Å². The monoisotopic (exact) mass is 323 g/mol. The number of nitrogens with zero attached hydrogens (tertiary/aromatic N) is 4. The van der Waals surface area contributed by atoms with Gasteiger partial charge in [0.05, 0.1) is 12.4 Å². The highest BCUT2D eigenvalue weighted by Crippen LogP contribution is 2.11. The van der Waals surface area contributed by atoms with Crippen LogP contribution in [0.2, 0.25) is 0 Å². The van der Waals surface area contributed by atoms with Gasteiger partial charge in [0, 0.05) is 58.8 Å². The number of nitrogens with one attached hydrogen (secondary N) is 1. The molecular weight excluding hydrogens is 294 g/mol. The molecule has 2 heterocycles. The second kappa shape index (κ2) is 9.52. The number of carbonyl (C=O) groups is 1. The fourth-order valence-corrected chi connectivity index (χ4v) is 2.59. The minimum Gasteiger partial charge on any atom is -0.378 e. The van der Waals surface area contributed by atoms with Gasteiger partial charge in [-0.05, 0) is 26.3 Å². The number of aromatic nitrogens is 2. The molecule has 23 heavy (non-hydrogen) atoms. The van der Waals surface area contributed by atoms with Gasteiger partial charge in [0.2, 0.25) is 0 Å². The van der Waals surface area contributed by atoms with Crippen LogP contribution in [0.3, 0.4) is 0 Å². The maximum Gasteiger partial charge on any atom is 0.317 e. The van der Waals surface area contributed by atoms with Crippen LogP contribution in [-0.2, 0) is 11.3 Å². The Bertz CT molecular complexity index is 443. The zero-order chi connectivity index (χ0) is 16.5. The SMILES string of the molecule is CN1CCC(OCCCNC(=O)N(C)CCn2ccnc2)CC1. The van der Waals surface area contributed by atoms with Gasteiger partial charge in [-0.1, -0.05) is 0 Å². The predicted molar refractivity (Wildman–Crippen MR) is 89.3 cm³/mol. The Labute approximate surface area is 138 Å². The molecule has 1 N–H and O–H groups in total. The van der Waals surface area contributed by atoms with Crippen LogP contribution in [0.5, 0.6) is 0 Å². The molecule has 0 radical (unpaired) electrons. The van der Waals surface area contributed by atoms with Gasteiger partial charge in [0.1, 0.15) is 0 Å². The second-order valence-corrected chi connectivity index (χ2v) is 6.18. The minimum atomic E-state index is -0.0376. The van der Waals surface area contributed by atoms with Crippen LogP contribution in [0.1, 0.15) is 19.3 Å². The number of likely N-dealkylation sites (tertiary alicyclic amines) is 1. The lowest BCUT2D eigenvalue weighted by atomic mass is 10.1. The number of rotatable bonds is 8. The largest absolute Gasteiger partial charge is 0.378 e. The van der Waals surface area contributed by atoms with Crippen LogP contribution < -0.4 is 5.32 Å². The van der Waals surface area contributed by atoms with Crippen molar-refractivity contribution in [3.8, 4) is 0 Å². The van der Waals surface area contributed by atoms with E-state index < -0.39 is 0 Å². The summed E-state index contributed by atoms with van der Waals surface area (Å²) in [6.45, 7) is 5.01. The van der Waals surface area contributed by atoms with E-state index in [1.807, 2.05) is 10.8 Å². The van der Waals surface area contributed by atoms with Crippen LogP contribution in [-0.4, -0.2) is 78.4 Å². The van der Waals surface area contributed by atoms with Gasteiger partial charge < -0.3 is 24.4 Å². The van der Waals surface area contributed by atoms with E-state index in [9.17, 15) is 4.79 Å². The van der Waals surface area contributed by atoms with Crippen molar-refractivity contribution < 1.29 is 9.53 Å². The van der Waals surface area contributed by atoms with Crippen molar-refractivity contribution in [3.05, 3.63) is 18.7 Å². The molecule has 1 aromatic heterocycles. The molecule has 7 heteroatoms. The normalized spacial score (nSPS) is 16.4. The Balaban J connectivity index is 1.49. The Morgan fingerprint density at radius 3 is 2.91 bits per heavy atom. The average Bonchev–Trinajstić information content (AvgIpc) is 3.07. The number of piperidine rings is 1. The van der Waals surface area contributed by atoms with E-state index in [1.165, 1.54) is 0 Å². The molecule has 1 saturated heterocycles. The van der Waals surface area contributed by atoms with Gasteiger partial charge in [-0.25, -0.2) is 9.78 Å². The first-order valence-corrected chi connectivity index (χ1v) is 8.40. The third-order valence-corrected chi connectivity index (χ3v) is 4.22. The lowest BCUT2D eigenvalue weighted by Gasteiger charge is -2.28. The summed E-state index contributed by atoms with van der Waals surface area (Å²) in [5.41, 5.74) is 0. The van der Waals surface area contributed by atoms with Crippen molar-refractivity contribution in [3.63, 3.8) is 0 Å². The molecule has 130 valence electrons. The molecule has 0 saturated carbocycles.